The summed E-state index contributed by atoms with van der Waals surface area (Å²) in [5, 5.41) is 21.2. The van der Waals surface area contributed by atoms with Crippen molar-refractivity contribution in [2.75, 3.05) is 0 Å². The predicted molar refractivity (Wildman–Crippen MR) is 82.4 cm³/mol. The van der Waals surface area contributed by atoms with Crippen molar-refractivity contribution in [3.8, 4) is 11.5 Å². The number of rotatable bonds is 3. The Morgan fingerprint density at radius 1 is 0.913 bits per heavy atom. The van der Waals surface area contributed by atoms with Crippen LogP contribution in [-0.2, 0) is 10.1 Å². The summed E-state index contributed by atoms with van der Waals surface area (Å²) in [6.07, 6.45) is 0. The molecule has 6 nitrogen and oxygen atoms in total. The first-order valence-corrected chi connectivity index (χ1v) is 8.01. The molecular formula is C16H10N2O4S. The van der Waals surface area contributed by atoms with Gasteiger partial charge in [0.05, 0.1) is 0 Å². The molecular weight excluding hydrogens is 316 g/mol. The first-order valence-electron chi connectivity index (χ1n) is 6.60. The Bertz CT molecular complexity index is 1030. The van der Waals surface area contributed by atoms with Crippen molar-refractivity contribution < 1.29 is 17.7 Å². The molecule has 0 heterocycles. The molecule has 3 aromatic carbocycles. The molecule has 0 bridgehead atoms. The summed E-state index contributed by atoms with van der Waals surface area (Å²) in [7, 11) is -4.11. The third-order valence-electron chi connectivity index (χ3n) is 3.28. The number of hydrogen-bond donors (Lipinski definition) is 0. The van der Waals surface area contributed by atoms with Crippen LogP contribution in [0, 0.1) is 5.39 Å². The molecule has 0 spiro atoms. The second kappa shape index (κ2) is 5.59. The van der Waals surface area contributed by atoms with Gasteiger partial charge in [0.25, 0.3) is 0 Å². The summed E-state index contributed by atoms with van der Waals surface area (Å²) in [5.41, 5.74) is -0.156. The third kappa shape index (κ3) is 2.67. The first kappa shape index (κ1) is 14.8. The lowest BCUT2D eigenvalue weighted by molar-refractivity contribution is -0.264. The fraction of sp³-hybridized carbons (Fsp3) is 0. The highest BCUT2D eigenvalue weighted by Gasteiger charge is 2.21. The van der Waals surface area contributed by atoms with Gasteiger partial charge in [-0.25, -0.2) is 0 Å². The first-order chi connectivity index (χ1) is 11.0. The van der Waals surface area contributed by atoms with Crippen LogP contribution in [0.25, 0.3) is 15.7 Å². The maximum absolute atomic E-state index is 12.5. The summed E-state index contributed by atoms with van der Waals surface area (Å²) in [6.45, 7) is 0. The second-order valence-corrected chi connectivity index (χ2v) is 6.23. The van der Waals surface area contributed by atoms with E-state index in [1.165, 1.54) is 42.5 Å². The highest BCUT2D eigenvalue weighted by molar-refractivity contribution is 7.87. The van der Waals surface area contributed by atoms with Gasteiger partial charge >= 0.3 is 15.8 Å². The van der Waals surface area contributed by atoms with Gasteiger partial charge in [-0.2, -0.15) is 8.42 Å². The molecule has 0 atom stereocenters. The lowest BCUT2D eigenvalue weighted by Gasteiger charge is -2.12. The highest BCUT2D eigenvalue weighted by Crippen LogP contribution is 2.35. The normalized spacial score (nSPS) is 11.1. The van der Waals surface area contributed by atoms with Crippen molar-refractivity contribution in [1.29, 1.82) is 5.39 Å². The predicted octanol–water partition coefficient (Wildman–Crippen LogP) is 3.17. The molecule has 0 N–H and O–H groups in total. The van der Waals surface area contributed by atoms with Crippen LogP contribution in [0.15, 0.2) is 65.6 Å². The van der Waals surface area contributed by atoms with Crippen molar-refractivity contribution in [2.24, 2.45) is 0 Å². The number of para-hydroxylation sites is 1. The Balaban J connectivity index is 2.17. The number of diazo groups is 1. The van der Waals surface area contributed by atoms with Crippen LogP contribution in [0.1, 0.15) is 0 Å². The molecule has 0 aromatic heterocycles. The van der Waals surface area contributed by atoms with E-state index in [-0.39, 0.29) is 27.1 Å². The highest BCUT2D eigenvalue weighted by atomic mass is 32.2. The Kier molecular flexibility index (Phi) is 3.60. The van der Waals surface area contributed by atoms with Crippen LogP contribution in [-0.4, -0.2) is 8.42 Å². The van der Waals surface area contributed by atoms with E-state index in [9.17, 15) is 13.5 Å². The molecule has 0 saturated carbocycles. The Hall–Kier alpha value is -3.11. The quantitative estimate of drug-likeness (QED) is 0.544. The van der Waals surface area contributed by atoms with E-state index in [0.717, 1.165) is 0 Å². The van der Waals surface area contributed by atoms with Gasteiger partial charge < -0.3 is 9.29 Å². The van der Waals surface area contributed by atoms with Crippen molar-refractivity contribution in [1.82, 2.24) is 0 Å². The van der Waals surface area contributed by atoms with Gasteiger partial charge in [-0.15, -0.1) is 0 Å². The Labute approximate surface area is 132 Å². The van der Waals surface area contributed by atoms with Gasteiger partial charge in [-0.1, -0.05) is 30.3 Å². The number of hydrogen-bond acceptors (Lipinski definition) is 5. The number of fused-ring (bicyclic) bond motifs is 1. The maximum Gasteiger partial charge on any atom is 0.378 e. The molecule has 0 aliphatic rings. The molecule has 0 unspecified atom stereocenters. The lowest BCUT2D eigenvalue weighted by atomic mass is 10.1. The monoisotopic (exact) mass is 326 g/mol. The summed E-state index contributed by atoms with van der Waals surface area (Å²) in [6, 6.07) is 15.0. The Morgan fingerprint density at radius 3 is 2.35 bits per heavy atom. The molecule has 0 radical (unpaired) electrons. The average Bonchev–Trinajstić information content (AvgIpc) is 2.55. The van der Waals surface area contributed by atoms with E-state index in [4.69, 9.17) is 9.58 Å². The van der Waals surface area contributed by atoms with Crippen molar-refractivity contribution in [2.45, 2.75) is 4.90 Å². The standard InChI is InChI=1S/C16H10N2O4S/c17-18-14-10-9-12-13(16(14)19)7-4-8-15(12)23(20,21)22-11-5-2-1-3-6-11/h1-10H. The molecule has 0 aliphatic carbocycles. The van der Waals surface area contributed by atoms with Crippen LogP contribution in [0.4, 0.5) is 5.69 Å². The molecule has 23 heavy (non-hydrogen) atoms. The third-order valence-corrected chi connectivity index (χ3v) is 4.58. The molecule has 7 heteroatoms. The maximum atomic E-state index is 12.5. The van der Waals surface area contributed by atoms with E-state index in [1.54, 1.807) is 18.2 Å². The molecule has 3 rings (SSSR count). The molecule has 3 aromatic rings. The van der Waals surface area contributed by atoms with Crippen LogP contribution in [0.5, 0.6) is 11.5 Å². The fourth-order valence-corrected chi connectivity index (χ4v) is 3.38. The van der Waals surface area contributed by atoms with Crippen LogP contribution >= 0.6 is 0 Å². The summed E-state index contributed by atoms with van der Waals surface area (Å²) in [4.78, 5) is 2.76. The SMILES string of the molecule is N#[N+]c1ccc2c(S(=O)(=O)Oc3ccccc3)cccc2c1[O-]. The summed E-state index contributed by atoms with van der Waals surface area (Å²) in [5.74, 6) is -0.379. The second-order valence-electron chi connectivity index (χ2n) is 4.72. The Morgan fingerprint density at radius 2 is 1.65 bits per heavy atom. The molecule has 0 fully saturated rings. The smallest absolute Gasteiger partial charge is 0.378 e. The average molecular weight is 326 g/mol. The van der Waals surface area contributed by atoms with E-state index in [1.807, 2.05) is 0 Å². The van der Waals surface area contributed by atoms with Crippen molar-refractivity contribution >= 4 is 26.6 Å². The lowest BCUT2D eigenvalue weighted by Crippen LogP contribution is -2.10. The number of nitrogens with zero attached hydrogens (tertiary/aromatic N) is 2. The van der Waals surface area contributed by atoms with Crippen LogP contribution in [0.2, 0.25) is 0 Å². The largest absolute Gasteiger partial charge is 0.867 e. The van der Waals surface area contributed by atoms with E-state index in [0.29, 0.717) is 0 Å². The van der Waals surface area contributed by atoms with Crippen LogP contribution in [0.3, 0.4) is 0 Å². The van der Waals surface area contributed by atoms with Gasteiger partial charge in [-0.3, -0.25) is 0 Å². The topological polar surface area (TPSA) is 94.6 Å². The van der Waals surface area contributed by atoms with Gasteiger partial charge in [-0.05, 0) is 35.4 Å². The summed E-state index contributed by atoms with van der Waals surface area (Å²) < 4.78 is 30.1. The minimum atomic E-state index is -4.11. The van der Waals surface area contributed by atoms with Crippen molar-refractivity contribution in [3.63, 3.8) is 0 Å². The molecule has 0 amide bonds. The van der Waals surface area contributed by atoms with Gasteiger partial charge in [0.15, 0.2) is 4.98 Å². The zero-order valence-electron chi connectivity index (χ0n) is 11.7. The van der Waals surface area contributed by atoms with Gasteiger partial charge in [0.1, 0.15) is 10.6 Å². The van der Waals surface area contributed by atoms with Gasteiger partial charge in [0.2, 0.25) is 5.39 Å². The van der Waals surface area contributed by atoms with E-state index >= 15 is 0 Å². The van der Waals surface area contributed by atoms with Crippen molar-refractivity contribution in [3.05, 3.63) is 65.6 Å². The number of benzene rings is 3. The zero-order chi connectivity index (χ0) is 16.4. The molecule has 0 aliphatic heterocycles. The fourth-order valence-electron chi connectivity index (χ4n) is 2.23. The minimum Gasteiger partial charge on any atom is -0.867 e. The molecule has 114 valence electrons. The summed E-state index contributed by atoms with van der Waals surface area (Å²) >= 11 is 0. The van der Waals surface area contributed by atoms with Crippen LogP contribution < -0.4 is 9.29 Å². The minimum absolute atomic E-state index is 0.125. The zero-order valence-corrected chi connectivity index (χ0v) is 12.5. The van der Waals surface area contributed by atoms with E-state index in [2.05, 4.69) is 4.98 Å². The van der Waals surface area contributed by atoms with E-state index < -0.39 is 15.9 Å². The molecule has 0 saturated heterocycles. The van der Waals surface area contributed by atoms with Gasteiger partial charge in [0, 0.05) is 11.5 Å².